The van der Waals surface area contributed by atoms with Gasteiger partial charge in [0.1, 0.15) is 6.04 Å². The van der Waals surface area contributed by atoms with E-state index in [2.05, 4.69) is 17.4 Å². The van der Waals surface area contributed by atoms with Crippen molar-refractivity contribution in [1.29, 1.82) is 0 Å². The average molecular weight is 447 g/mol. The number of fused-ring (bicyclic) bond motifs is 2. The van der Waals surface area contributed by atoms with Gasteiger partial charge in [-0.15, -0.1) is 0 Å². The molecule has 4 amide bonds. The van der Waals surface area contributed by atoms with Crippen LogP contribution in [0.1, 0.15) is 45.5 Å². The number of aryl methyl sites for hydroxylation is 1. The fraction of sp³-hybridized carbons (Fsp3) is 0.360. The number of hydrogen-bond donors (Lipinski definition) is 1. The van der Waals surface area contributed by atoms with Crippen LogP contribution in [0.5, 0.6) is 0 Å². The highest BCUT2D eigenvalue weighted by atomic mass is 16.2. The molecule has 2 aromatic rings. The highest BCUT2D eigenvalue weighted by Crippen LogP contribution is 2.33. The minimum Gasteiger partial charge on any atom is -0.365 e. The molecule has 170 valence electrons. The van der Waals surface area contributed by atoms with Crippen LogP contribution in [0.3, 0.4) is 0 Å². The van der Waals surface area contributed by atoms with E-state index < -0.39 is 11.9 Å². The van der Waals surface area contributed by atoms with Crippen molar-refractivity contribution in [3.63, 3.8) is 0 Å². The Hall–Kier alpha value is -3.68. The van der Waals surface area contributed by atoms with Crippen LogP contribution >= 0.6 is 0 Å². The van der Waals surface area contributed by atoms with Gasteiger partial charge in [-0.25, -0.2) is 0 Å². The number of benzene rings is 2. The predicted molar refractivity (Wildman–Crippen MR) is 121 cm³/mol. The van der Waals surface area contributed by atoms with Crippen molar-refractivity contribution in [3.05, 3.63) is 64.2 Å². The van der Waals surface area contributed by atoms with Crippen molar-refractivity contribution >= 4 is 29.3 Å². The summed E-state index contributed by atoms with van der Waals surface area (Å²) >= 11 is 0. The van der Waals surface area contributed by atoms with Gasteiger partial charge in [-0.1, -0.05) is 24.3 Å². The standard InChI is InChI=1S/C25H26N4O4/c1-15-9-18(27(2)14-23(31)28-11-16-5-3-4-6-17(16)12-28)10-19-20(15)13-29(25(19)33)21-7-8-22(30)26-24(21)32/h3-6,9-10,21H,7-8,11-14H2,1-2H3,(H,26,30,32). The first-order chi connectivity index (χ1) is 15.8. The molecule has 1 unspecified atom stereocenters. The van der Waals surface area contributed by atoms with E-state index in [0.717, 1.165) is 16.8 Å². The second-order valence-electron chi connectivity index (χ2n) is 9.06. The first-order valence-electron chi connectivity index (χ1n) is 11.2. The molecule has 0 spiro atoms. The van der Waals surface area contributed by atoms with Crippen molar-refractivity contribution in [2.75, 3.05) is 18.5 Å². The number of amides is 4. The molecule has 0 bridgehead atoms. The number of hydrogen-bond acceptors (Lipinski definition) is 5. The van der Waals surface area contributed by atoms with Gasteiger partial charge in [0, 0.05) is 44.4 Å². The number of anilines is 1. The predicted octanol–water partition coefficient (Wildman–Crippen LogP) is 1.73. The summed E-state index contributed by atoms with van der Waals surface area (Å²) in [6.45, 7) is 3.73. The van der Waals surface area contributed by atoms with Gasteiger partial charge in [-0.05, 0) is 47.7 Å². The molecular formula is C25H26N4O4. The third-order valence-corrected chi connectivity index (χ3v) is 6.87. The van der Waals surface area contributed by atoms with E-state index in [1.165, 1.54) is 11.1 Å². The monoisotopic (exact) mass is 446 g/mol. The molecule has 1 saturated heterocycles. The van der Waals surface area contributed by atoms with Crippen LogP contribution in [0.4, 0.5) is 5.69 Å². The maximum atomic E-state index is 13.2. The summed E-state index contributed by atoms with van der Waals surface area (Å²) in [5, 5.41) is 2.33. The molecule has 8 nitrogen and oxygen atoms in total. The van der Waals surface area contributed by atoms with E-state index in [0.29, 0.717) is 31.6 Å². The van der Waals surface area contributed by atoms with Gasteiger partial charge < -0.3 is 14.7 Å². The second kappa shape index (κ2) is 8.03. The molecule has 8 heteroatoms. The highest BCUT2D eigenvalue weighted by Gasteiger charge is 2.40. The van der Waals surface area contributed by atoms with Gasteiger partial charge in [0.2, 0.25) is 17.7 Å². The number of carbonyl (C=O) groups is 4. The molecule has 2 aromatic carbocycles. The fourth-order valence-electron chi connectivity index (χ4n) is 4.95. The van der Waals surface area contributed by atoms with Crippen LogP contribution in [-0.4, -0.2) is 53.1 Å². The topological polar surface area (TPSA) is 90.0 Å². The normalized spacial score (nSPS) is 19.5. The Labute approximate surface area is 192 Å². The van der Waals surface area contributed by atoms with Crippen molar-refractivity contribution in [3.8, 4) is 0 Å². The van der Waals surface area contributed by atoms with Gasteiger partial charge in [-0.2, -0.15) is 0 Å². The number of rotatable bonds is 4. The lowest BCUT2D eigenvalue weighted by atomic mass is 10.0. The molecule has 33 heavy (non-hydrogen) atoms. The average Bonchev–Trinajstić information content (AvgIpc) is 3.36. The van der Waals surface area contributed by atoms with Crippen LogP contribution in [0.25, 0.3) is 0 Å². The van der Waals surface area contributed by atoms with Gasteiger partial charge in [0.15, 0.2) is 0 Å². The number of piperidine rings is 1. The van der Waals surface area contributed by atoms with Crippen LogP contribution in [0, 0.1) is 6.92 Å². The summed E-state index contributed by atoms with van der Waals surface area (Å²) in [5.41, 5.74) is 5.54. The summed E-state index contributed by atoms with van der Waals surface area (Å²) < 4.78 is 0. The zero-order valence-electron chi connectivity index (χ0n) is 18.8. The summed E-state index contributed by atoms with van der Waals surface area (Å²) in [6, 6.07) is 11.2. The zero-order chi connectivity index (χ0) is 23.3. The van der Waals surface area contributed by atoms with Crippen molar-refractivity contribution in [2.45, 2.75) is 45.4 Å². The van der Waals surface area contributed by atoms with Gasteiger partial charge in [0.05, 0.1) is 6.54 Å². The SMILES string of the molecule is Cc1cc(N(C)CC(=O)N2Cc3ccccc3C2)cc2c1CN(C1CCC(=O)NC1=O)C2=O. The fourth-order valence-corrected chi connectivity index (χ4v) is 4.95. The smallest absolute Gasteiger partial charge is 0.255 e. The van der Waals surface area contributed by atoms with E-state index >= 15 is 0 Å². The third kappa shape index (κ3) is 3.75. The van der Waals surface area contributed by atoms with E-state index in [1.54, 1.807) is 4.90 Å². The van der Waals surface area contributed by atoms with Crippen LogP contribution < -0.4 is 10.2 Å². The molecule has 3 heterocycles. The lowest BCUT2D eigenvalue weighted by Gasteiger charge is -2.29. The van der Waals surface area contributed by atoms with E-state index in [9.17, 15) is 19.2 Å². The van der Waals surface area contributed by atoms with Crippen LogP contribution in [-0.2, 0) is 34.0 Å². The first-order valence-corrected chi connectivity index (χ1v) is 11.2. The van der Waals surface area contributed by atoms with Crippen molar-refractivity contribution in [1.82, 2.24) is 15.1 Å². The Morgan fingerprint density at radius 3 is 2.45 bits per heavy atom. The number of likely N-dealkylation sites (N-methyl/N-ethyl adjacent to an activating group) is 1. The van der Waals surface area contributed by atoms with Crippen LogP contribution in [0.2, 0.25) is 0 Å². The Morgan fingerprint density at radius 2 is 1.79 bits per heavy atom. The zero-order valence-corrected chi connectivity index (χ0v) is 18.8. The molecule has 1 N–H and O–H groups in total. The molecule has 0 aromatic heterocycles. The second-order valence-corrected chi connectivity index (χ2v) is 9.06. The molecular weight excluding hydrogens is 420 g/mol. The molecule has 0 saturated carbocycles. The third-order valence-electron chi connectivity index (χ3n) is 6.87. The summed E-state index contributed by atoms with van der Waals surface area (Å²) in [5.74, 6) is -0.895. The van der Waals surface area contributed by atoms with Gasteiger partial charge in [0.25, 0.3) is 5.91 Å². The Balaban J connectivity index is 1.31. The maximum Gasteiger partial charge on any atom is 0.255 e. The summed E-state index contributed by atoms with van der Waals surface area (Å²) in [4.78, 5) is 55.2. The molecule has 0 radical (unpaired) electrons. The molecule has 5 rings (SSSR count). The molecule has 1 fully saturated rings. The van der Waals surface area contributed by atoms with E-state index in [-0.39, 0.29) is 30.7 Å². The quantitative estimate of drug-likeness (QED) is 0.723. The largest absolute Gasteiger partial charge is 0.365 e. The minimum absolute atomic E-state index is 0.0309. The van der Waals surface area contributed by atoms with Crippen LogP contribution in [0.15, 0.2) is 36.4 Å². The lowest BCUT2D eigenvalue weighted by Crippen LogP contribution is -2.52. The van der Waals surface area contributed by atoms with E-state index in [4.69, 9.17) is 0 Å². The number of imide groups is 1. The molecule has 3 aliphatic rings. The van der Waals surface area contributed by atoms with Gasteiger partial charge in [-0.3, -0.25) is 24.5 Å². The Bertz CT molecular complexity index is 1170. The Kier molecular flexibility index (Phi) is 5.15. The summed E-state index contributed by atoms with van der Waals surface area (Å²) in [6.07, 6.45) is 0.564. The maximum absolute atomic E-state index is 13.2. The van der Waals surface area contributed by atoms with Crippen molar-refractivity contribution in [2.24, 2.45) is 0 Å². The molecule has 0 aliphatic carbocycles. The Morgan fingerprint density at radius 1 is 1.09 bits per heavy atom. The molecule has 1 atom stereocenters. The molecule has 3 aliphatic heterocycles. The lowest BCUT2D eigenvalue weighted by molar-refractivity contribution is -0.137. The number of nitrogens with zero attached hydrogens (tertiary/aromatic N) is 3. The summed E-state index contributed by atoms with van der Waals surface area (Å²) in [7, 11) is 1.85. The van der Waals surface area contributed by atoms with Crippen molar-refractivity contribution < 1.29 is 19.2 Å². The highest BCUT2D eigenvalue weighted by molar-refractivity contribution is 6.06. The number of carbonyl (C=O) groups excluding carboxylic acids is 4. The minimum atomic E-state index is -0.637. The first kappa shape index (κ1) is 21.2. The van der Waals surface area contributed by atoms with E-state index in [1.807, 2.05) is 48.0 Å². The van der Waals surface area contributed by atoms with Gasteiger partial charge >= 0.3 is 0 Å². The number of nitrogens with one attached hydrogen (secondary N) is 1.